The molecule has 2 aromatic rings. The molecule has 0 spiro atoms. The van der Waals surface area contributed by atoms with Crippen LogP contribution in [0.15, 0.2) is 24.5 Å². The van der Waals surface area contributed by atoms with Crippen LogP contribution < -0.4 is 10.1 Å². The van der Waals surface area contributed by atoms with Gasteiger partial charge in [0.1, 0.15) is 12.1 Å². The zero-order valence-corrected chi connectivity index (χ0v) is 14.7. The van der Waals surface area contributed by atoms with Gasteiger partial charge >= 0.3 is 0 Å². The van der Waals surface area contributed by atoms with Gasteiger partial charge in [-0.1, -0.05) is 18.6 Å². The summed E-state index contributed by atoms with van der Waals surface area (Å²) in [6, 6.07) is 6.17. The van der Waals surface area contributed by atoms with Crippen molar-refractivity contribution in [2.45, 2.75) is 51.5 Å². The van der Waals surface area contributed by atoms with E-state index in [1.165, 1.54) is 6.33 Å². The van der Waals surface area contributed by atoms with E-state index in [2.05, 4.69) is 15.4 Å². The molecule has 6 nitrogen and oxygen atoms in total. The number of amides is 1. The molecule has 1 aliphatic carbocycles. The van der Waals surface area contributed by atoms with Gasteiger partial charge in [-0.2, -0.15) is 10.1 Å². The zero-order valence-electron chi connectivity index (χ0n) is 14.7. The number of benzene rings is 1. The molecule has 0 saturated heterocycles. The molecule has 1 N–H and O–H groups in total. The lowest BCUT2D eigenvalue weighted by atomic mass is 9.63. The minimum absolute atomic E-state index is 0.0189. The molecule has 1 aromatic heterocycles. The van der Waals surface area contributed by atoms with Gasteiger partial charge in [0.2, 0.25) is 11.9 Å². The van der Waals surface area contributed by atoms with Crippen LogP contribution in [0.1, 0.15) is 50.3 Å². The van der Waals surface area contributed by atoms with Crippen LogP contribution in [0.3, 0.4) is 0 Å². The second-order valence-corrected chi connectivity index (χ2v) is 6.70. The molecule has 0 aliphatic heterocycles. The third-order valence-corrected chi connectivity index (χ3v) is 4.89. The normalized spacial score (nSPS) is 15.9. The third kappa shape index (κ3) is 2.66. The molecular weight excluding hydrogens is 304 g/mol. The van der Waals surface area contributed by atoms with Gasteiger partial charge in [0, 0.05) is 0 Å². The van der Waals surface area contributed by atoms with Crippen molar-refractivity contribution in [1.82, 2.24) is 14.8 Å². The lowest BCUT2D eigenvalue weighted by Crippen LogP contribution is -2.46. The largest absolute Gasteiger partial charge is 0.496 e. The third-order valence-electron chi connectivity index (χ3n) is 4.89. The summed E-state index contributed by atoms with van der Waals surface area (Å²) in [6.07, 6.45) is 4.18. The fraction of sp³-hybridized carbons (Fsp3) is 0.500. The highest BCUT2D eigenvalue weighted by atomic mass is 16.5. The topological polar surface area (TPSA) is 69.0 Å². The van der Waals surface area contributed by atoms with Crippen LogP contribution in [0.25, 0.3) is 0 Å². The molecule has 0 radical (unpaired) electrons. The summed E-state index contributed by atoms with van der Waals surface area (Å²) in [4.78, 5) is 17.2. The van der Waals surface area contributed by atoms with Crippen LogP contribution in [0, 0.1) is 6.92 Å². The van der Waals surface area contributed by atoms with Crippen LogP contribution in [-0.4, -0.2) is 27.8 Å². The number of aromatic nitrogens is 3. The summed E-state index contributed by atoms with van der Waals surface area (Å²) in [5, 5.41) is 7.15. The molecule has 1 amide bonds. The Labute approximate surface area is 142 Å². The number of hydrogen-bond acceptors (Lipinski definition) is 4. The summed E-state index contributed by atoms with van der Waals surface area (Å²) in [7, 11) is 1.66. The highest BCUT2D eigenvalue weighted by Crippen LogP contribution is 2.45. The van der Waals surface area contributed by atoms with E-state index in [1.807, 2.05) is 39.0 Å². The van der Waals surface area contributed by atoms with Crippen molar-refractivity contribution in [3.63, 3.8) is 0 Å². The Kier molecular flexibility index (Phi) is 4.30. The average Bonchev–Trinajstić information content (AvgIpc) is 2.96. The molecule has 3 rings (SSSR count). The summed E-state index contributed by atoms with van der Waals surface area (Å²) in [5.41, 5.74) is 1.56. The van der Waals surface area contributed by atoms with Gasteiger partial charge in [0.05, 0.1) is 18.6 Å². The first kappa shape index (κ1) is 16.5. The van der Waals surface area contributed by atoms with Crippen molar-refractivity contribution in [3.8, 4) is 5.75 Å². The van der Waals surface area contributed by atoms with Crippen LogP contribution in [0.2, 0.25) is 0 Å². The van der Waals surface area contributed by atoms with Gasteiger partial charge in [-0.3, -0.25) is 10.1 Å². The van der Waals surface area contributed by atoms with Gasteiger partial charge in [-0.25, -0.2) is 4.68 Å². The molecule has 1 heterocycles. The monoisotopic (exact) mass is 328 g/mol. The molecule has 6 heteroatoms. The Bertz CT molecular complexity index is 747. The van der Waals surface area contributed by atoms with Crippen molar-refractivity contribution < 1.29 is 9.53 Å². The van der Waals surface area contributed by atoms with Crippen molar-refractivity contribution in [2.75, 3.05) is 12.4 Å². The van der Waals surface area contributed by atoms with Crippen LogP contribution in [0.4, 0.5) is 5.95 Å². The second kappa shape index (κ2) is 6.26. The van der Waals surface area contributed by atoms with E-state index < -0.39 is 5.41 Å². The lowest BCUT2D eigenvalue weighted by molar-refractivity contribution is -0.124. The minimum atomic E-state index is -0.505. The molecule has 24 heavy (non-hydrogen) atoms. The molecule has 1 aliphatic rings. The summed E-state index contributed by atoms with van der Waals surface area (Å²) in [5.74, 6) is 1.30. The summed E-state index contributed by atoms with van der Waals surface area (Å²) in [6.45, 7) is 6.02. The predicted molar refractivity (Wildman–Crippen MR) is 92.3 cm³/mol. The van der Waals surface area contributed by atoms with E-state index in [1.54, 1.807) is 11.8 Å². The lowest BCUT2D eigenvalue weighted by Gasteiger charge is -2.40. The molecule has 0 unspecified atom stereocenters. The number of nitrogens with one attached hydrogen (secondary N) is 1. The molecule has 1 saturated carbocycles. The average molecular weight is 328 g/mol. The highest BCUT2D eigenvalue weighted by Gasteiger charge is 2.46. The van der Waals surface area contributed by atoms with Crippen molar-refractivity contribution >= 4 is 11.9 Å². The quantitative estimate of drug-likeness (QED) is 0.915. The number of carbonyl (C=O) groups excluding carboxylic acids is 1. The number of ether oxygens (including phenoxy) is 1. The van der Waals surface area contributed by atoms with Crippen molar-refractivity contribution in [2.24, 2.45) is 0 Å². The number of hydrogen-bond donors (Lipinski definition) is 1. The number of nitrogens with zero attached hydrogens (tertiary/aromatic N) is 3. The minimum Gasteiger partial charge on any atom is -0.496 e. The summed E-state index contributed by atoms with van der Waals surface area (Å²) < 4.78 is 7.15. The summed E-state index contributed by atoms with van der Waals surface area (Å²) >= 11 is 0. The Morgan fingerprint density at radius 3 is 2.71 bits per heavy atom. The molecule has 0 bridgehead atoms. The zero-order chi connectivity index (χ0) is 17.3. The number of carbonyl (C=O) groups is 1. The van der Waals surface area contributed by atoms with Crippen LogP contribution in [-0.2, 0) is 10.2 Å². The van der Waals surface area contributed by atoms with Gasteiger partial charge in [0.15, 0.2) is 0 Å². The van der Waals surface area contributed by atoms with E-state index in [-0.39, 0.29) is 11.9 Å². The van der Waals surface area contributed by atoms with E-state index in [4.69, 9.17) is 4.74 Å². The number of rotatable bonds is 5. The first-order valence-corrected chi connectivity index (χ1v) is 8.34. The van der Waals surface area contributed by atoms with Gasteiger partial charge < -0.3 is 4.74 Å². The fourth-order valence-corrected chi connectivity index (χ4v) is 3.23. The molecule has 1 aromatic carbocycles. The fourth-order valence-electron chi connectivity index (χ4n) is 3.23. The van der Waals surface area contributed by atoms with Crippen LogP contribution >= 0.6 is 0 Å². The van der Waals surface area contributed by atoms with Crippen LogP contribution in [0.5, 0.6) is 5.75 Å². The molecule has 128 valence electrons. The first-order chi connectivity index (χ1) is 11.5. The smallest absolute Gasteiger partial charge is 0.237 e. The molecule has 0 atom stereocenters. The molecule has 1 fully saturated rings. The SMILES string of the molecule is COc1cc(C2(C(=O)Nc3ncnn3C(C)C)CCC2)ccc1C. The number of methoxy groups -OCH3 is 1. The Balaban J connectivity index is 1.90. The van der Waals surface area contributed by atoms with E-state index >= 15 is 0 Å². The maximum atomic E-state index is 13.0. The first-order valence-electron chi connectivity index (χ1n) is 8.34. The maximum Gasteiger partial charge on any atom is 0.237 e. The van der Waals surface area contributed by atoms with Crippen molar-refractivity contribution in [3.05, 3.63) is 35.7 Å². The second-order valence-electron chi connectivity index (χ2n) is 6.70. The van der Waals surface area contributed by atoms with Gasteiger partial charge in [0.25, 0.3) is 0 Å². The Hall–Kier alpha value is -2.37. The van der Waals surface area contributed by atoms with E-state index in [0.29, 0.717) is 5.95 Å². The van der Waals surface area contributed by atoms with E-state index in [0.717, 1.165) is 36.1 Å². The Morgan fingerprint density at radius 1 is 1.38 bits per heavy atom. The maximum absolute atomic E-state index is 13.0. The number of anilines is 1. The predicted octanol–water partition coefficient (Wildman–Crippen LogP) is 3.24. The Morgan fingerprint density at radius 2 is 2.12 bits per heavy atom. The van der Waals surface area contributed by atoms with E-state index in [9.17, 15) is 4.79 Å². The number of aryl methyl sites for hydroxylation is 1. The van der Waals surface area contributed by atoms with Gasteiger partial charge in [-0.05, 0) is 50.8 Å². The van der Waals surface area contributed by atoms with Crippen molar-refractivity contribution in [1.29, 1.82) is 0 Å². The molecular formula is C18H24N4O2. The highest BCUT2D eigenvalue weighted by molar-refractivity contribution is 5.99. The standard InChI is InChI=1S/C18H24N4O2/c1-12(2)22-17(19-11-20-22)21-16(23)18(8-5-9-18)14-7-6-13(3)15(10-14)24-4/h6-7,10-12H,5,8-9H2,1-4H3,(H,19,20,21,23). The van der Waals surface area contributed by atoms with Gasteiger partial charge in [-0.15, -0.1) is 0 Å².